The van der Waals surface area contributed by atoms with Crippen molar-refractivity contribution in [2.45, 2.75) is 37.7 Å². The summed E-state index contributed by atoms with van der Waals surface area (Å²) < 4.78 is 0. The molecule has 0 unspecified atom stereocenters. The molecule has 1 aromatic heterocycles. The van der Waals surface area contributed by atoms with Gasteiger partial charge in [-0.1, -0.05) is 12.8 Å². The average molecular weight is 288 g/mol. The highest BCUT2D eigenvalue weighted by atomic mass is 16.3. The Kier molecular flexibility index (Phi) is 3.87. The van der Waals surface area contributed by atoms with Crippen LogP contribution < -0.4 is 5.73 Å². The van der Waals surface area contributed by atoms with E-state index < -0.39 is 5.60 Å². The first-order valence-corrected chi connectivity index (χ1v) is 7.69. The number of hydrogen-bond donors (Lipinski definition) is 3. The van der Waals surface area contributed by atoms with Crippen LogP contribution in [0.15, 0.2) is 18.2 Å². The molecule has 0 radical (unpaired) electrons. The summed E-state index contributed by atoms with van der Waals surface area (Å²) in [7, 11) is 2.07. The highest BCUT2D eigenvalue weighted by molar-refractivity contribution is 5.78. The molecule has 0 atom stereocenters. The molecule has 5 heteroatoms. The van der Waals surface area contributed by atoms with Gasteiger partial charge in [0, 0.05) is 25.2 Å². The Hall–Kier alpha value is -1.59. The van der Waals surface area contributed by atoms with Crippen molar-refractivity contribution in [2.24, 2.45) is 0 Å². The number of benzene rings is 1. The van der Waals surface area contributed by atoms with E-state index in [4.69, 9.17) is 5.73 Å². The van der Waals surface area contributed by atoms with Crippen molar-refractivity contribution < 1.29 is 5.11 Å². The van der Waals surface area contributed by atoms with Crippen LogP contribution in [0.25, 0.3) is 11.0 Å². The maximum Gasteiger partial charge on any atom is 0.108 e. The summed E-state index contributed by atoms with van der Waals surface area (Å²) in [5, 5.41) is 10.4. The lowest BCUT2D eigenvalue weighted by molar-refractivity contribution is 0.0166. The summed E-state index contributed by atoms with van der Waals surface area (Å²) in [6, 6.07) is 5.72. The molecule has 0 amide bonds. The molecule has 1 aliphatic carbocycles. The Bertz CT molecular complexity index is 616. The zero-order valence-electron chi connectivity index (χ0n) is 12.6. The van der Waals surface area contributed by atoms with Gasteiger partial charge < -0.3 is 20.7 Å². The predicted octanol–water partition coefficient (Wildman–Crippen LogP) is 1.92. The molecule has 1 fully saturated rings. The monoisotopic (exact) mass is 288 g/mol. The van der Waals surface area contributed by atoms with Gasteiger partial charge in [0.2, 0.25) is 0 Å². The zero-order valence-corrected chi connectivity index (χ0v) is 12.6. The number of aliphatic hydroxyl groups is 1. The van der Waals surface area contributed by atoms with E-state index in [-0.39, 0.29) is 0 Å². The average Bonchev–Trinajstić information content (AvgIpc) is 3.02. The Morgan fingerprint density at radius 1 is 1.38 bits per heavy atom. The number of hydrogen-bond acceptors (Lipinski definition) is 4. The van der Waals surface area contributed by atoms with Crippen LogP contribution in [0.4, 0.5) is 5.69 Å². The van der Waals surface area contributed by atoms with Gasteiger partial charge in [-0.25, -0.2) is 4.98 Å². The number of likely N-dealkylation sites (N-methyl/N-ethyl adjacent to an activating group) is 1. The van der Waals surface area contributed by atoms with Crippen molar-refractivity contribution >= 4 is 16.7 Å². The maximum atomic E-state index is 10.4. The van der Waals surface area contributed by atoms with Crippen molar-refractivity contribution in [3.8, 4) is 0 Å². The molecule has 0 bridgehead atoms. The van der Waals surface area contributed by atoms with Crippen LogP contribution in [-0.2, 0) is 6.42 Å². The highest BCUT2D eigenvalue weighted by Crippen LogP contribution is 2.29. The summed E-state index contributed by atoms with van der Waals surface area (Å²) >= 11 is 0. The summed E-state index contributed by atoms with van der Waals surface area (Å²) in [5.41, 5.74) is 7.99. The van der Waals surface area contributed by atoms with E-state index in [0.717, 1.165) is 67.7 Å². The van der Waals surface area contributed by atoms with Crippen LogP contribution in [0.1, 0.15) is 31.5 Å². The normalized spacial score (nSPS) is 17.9. The number of nitrogens with one attached hydrogen (secondary N) is 1. The fraction of sp³-hybridized carbons (Fsp3) is 0.562. The Morgan fingerprint density at radius 2 is 2.14 bits per heavy atom. The fourth-order valence-electron chi connectivity index (χ4n) is 3.27. The fourth-order valence-corrected chi connectivity index (χ4v) is 3.27. The van der Waals surface area contributed by atoms with Gasteiger partial charge in [-0.3, -0.25) is 0 Å². The number of anilines is 1. The molecular weight excluding hydrogens is 264 g/mol. The molecule has 5 nitrogen and oxygen atoms in total. The van der Waals surface area contributed by atoms with E-state index in [2.05, 4.69) is 21.9 Å². The molecule has 1 aromatic carbocycles. The van der Waals surface area contributed by atoms with Crippen LogP contribution in [-0.4, -0.2) is 45.7 Å². The Balaban J connectivity index is 1.58. The number of H-pyrrole nitrogens is 1. The van der Waals surface area contributed by atoms with Gasteiger partial charge in [-0.2, -0.15) is 0 Å². The number of nitrogens with two attached hydrogens (primary N) is 1. The molecule has 0 spiro atoms. The van der Waals surface area contributed by atoms with Crippen LogP contribution in [0.2, 0.25) is 0 Å². The number of fused-ring (bicyclic) bond motifs is 1. The number of imidazole rings is 1. The number of aromatic amines is 1. The van der Waals surface area contributed by atoms with E-state index in [1.165, 1.54) is 0 Å². The number of rotatable bonds is 5. The lowest BCUT2D eigenvalue weighted by Crippen LogP contribution is -2.40. The van der Waals surface area contributed by atoms with E-state index in [9.17, 15) is 5.11 Å². The molecule has 1 heterocycles. The van der Waals surface area contributed by atoms with Gasteiger partial charge in [-0.15, -0.1) is 0 Å². The summed E-state index contributed by atoms with van der Waals surface area (Å²) in [5.74, 6) is 0.973. The van der Waals surface area contributed by atoms with Crippen LogP contribution >= 0.6 is 0 Å². The molecule has 3 rings (SSSR count). The molecule has 1 aliphatic rings. The van der Waals surface area contributed by atoms with Gasteiger partial charge in [0.15, 0.2) is 0 Å². The van der Waals surface area contributed by atoms with E-state index in [1.54, 1.807) is 0 Å². The lowest BCUT2D eigenvalue weighted by atomic mass is 10.0. The number of aromatic nitrogens is 2. The Morgan fingerprint density at radius 3 is 2.90 bits per heavy atom. The van der Waals surface area contributed by atoms with E-state index in [0.29, 0.717) is 0 Å². The second kappa shape index (κ2) is 5.66. The maximum absolute atomic E-state index is 10.4. The quantitative estimate of drug-likeness (QED) is 0.735. The van der Waals surface area contributed by atoms with Crippen LogP contribution in [0.3, 0.4) is 0 Å². The van der Waals surface area contributed by atoms with Crippen molar-refractivity contribution in [3.63, 3.8) is 0 Å². The van der Waals surface area contributed by atoms with Gasteiger partial charge in [-0.05, 0) is 38.1 Å². The second-order valence-corrected chi connectivity index (χ2v) is 6.38. The molecule has 4 N–H and O–H groups in total. The largest absolute Gasteiger partial charge is 0.399 e. The van der Waals surface area contributed by atoms with E-state index in [1.807, 2.05) is 18.2 Å². The minimum atomic E-state index is -0.475. The van der Waals surface area contributed by atoms with Crippen molar-refractivity contribution in [2.75, 3.05) is 25.9 Å². The highest BCUT2D eigenvalue weighted by Gasteiger charge is 2.31. The van der Waals surface area contributed by atoms with Crippen LogP contribution in [0, 0.1) is 0 Å². The molecule has 1 saturated carbocycles. The first kappa shape index (κ1) is 14.4. The SMILES string of the molecule is CN(CCc1nc2ccc(N)cc2[nH]1)CC1(O)CCCC1. The van der Waals surface area contributed by atoms with Crippen molar-refractivity contribution in [1.29, 1.82) is 0 Å². The molecule has 0 saturated heterocycles. The third kappa shape index (κ3) is 3.36. The standard InChI is InChI=1S/C16H24N4O/c1-20(11-16(21)7-2-3-8-16)9-6-15-18-13-5-4-12(17)10-14(13)19-15/h4-5,10,21H,2-3,6-9,11,17H2,1H3,(H,18,19). The van der Waals surface area contributed by atoms with Crippen molar-refractivity contribution in [1.82, 2.24) is 14.9 Å². The molecule has 2 aromatic rings. The zero-order chi connectivity index (χ0) is 14.9. The van der Waals surface area contributed by atoms with Gasteiger partial charge in [0.1, 0.15) is 5.82 Å². The van der Waals surface area contributed by atoms with Crippen molar-refractivity contribution in [3.05, 3.63) is 24.0 Å². The van der Waals surface area contributed by atoms with Gasteiger partial charge >= 0.3 is 0 Å². The topological polar surface area (TPSA) is 78.2 Å². The van der Waals surface area contributed by atoms with E-state index >= 15 is 0 Å². The third-order valence-corrected chi connectivity index (χ3v) is 4.38. The predicted molar refractivity (Wildman–Crippen MR) is 85.1 cm³/mol. The smallest absolute Gasteiger partial charge is 0.108 e. The first-order valence-electron chi connectivity index (χ1n) is 7.69. The summed E-state index contributed by atoms with van der Waals surface area (Å²) in [6.07, 6.45) is 5.01. The molecule has 0 aliphatic heterocycles. The second-order valence-electron chi connectivity index (χ2n) is 6.38. The molecule has 114 valence electrons. The summed E-state index contributed by atoms with van der Waals surface area (Å²) in [6.45, 7) is 1.64. The third-order valence-electron chi connectivity index (χ3n) is 4.38. The lowest BCUT2D eigenvalue weighted by Gasteiger charge is -2.28. The summed E-state index contributed by atoms with van der Waals surface area (Å²) in [4.78, 5) is 10.1. The first-order chi connectivity index (χ1) is 10.0. The van der Waals surface area contributed by atoms with Gasteiger partial charge in [0.25, 0.3) is 0 Å². The van der Waals surface area contributed by atoms with Gasteiger partial charge in [0.05, 0.1) is 16.6 Å². The van der Waals surface area contributed by atoms with Crippen LogP contribution in [0.5, 0.6) is 0 Å². The molecule has 21 heavy (non-hydrogen) atoms. The minimum absolute atomic E-state index is 0.475. The number of nitrogens with zero attached hydrogens (tertiary/aromatic N) is 2. The Labute approximate surface area is 125 Å². The molecular formula is C16H24N4O. The minimum Gasteiger partial charge on any atom is -0.399 e. The number of nitrogen functional groups attached to an aromatic ring is 1.